The van der Waals surface area contributed by atoms with E-state index < -0.39 is 0 Å². The molecule has 2 aromatic rings. The van der Waals surface area contributed by atoms with Crippen LogP contribution in [-0.2, 0) is 0 Å². The molecule has 0 aliphatic heterocycles. The monoisotopic (exact) mass is 443 g/mol. The van der Waals surface area contributed by atoms with E-state index in [9.17, 15) is 0 Å². The van der Waals surface area contributed by atoms with Crippen molar-refractivity contribution in [1.82, 2.24) is 0 Å². The van der Waals surface area contributed by atoms with E-state index in [2.05, 4.69) is 80.4 Å². The molecule has 0 amide bonds. The molecule has 0 saturated carbocycles. The third-order valence-corrected chi connectivity index (χ3v) is 5.37. The second-order valence-electron chi connectivity index (χ2n) is 3.54. The molecule has 79 valence electrons. The summed E-state index contributed by atoms with van der Waals surface area (Å²) in [5.74, 6) is 0. The van der Waals surface area contributed by atoms with Gasteiger partial charge in [0.15, 0.2) is 0 Å². The van der Waals surface area contributed by atoms with Crippen LogP contribution in [-0.4, -0.2) is 22.5 Å². The fourth-order valence-electron chi connectivity index (χ4n) is 1.50. The van der Waals surface area contributed by atoms with Gasteiger partial charge in [0.1, 0.15) is 0 Å². The summed E-state index contributed by atoms with van der Waals surface area (Å²) in [6, 6.07) is 17.2. The van der Waals surface area contributed by atoms with Crippen molar-refractivity contribution in [1.29, 1.82) is 0 Å². The molecule has 2 aromatic carbocycles. The molecule has 0 atom stereocenters. The number of hydrogen-bond donors (Lipinski definition) is 0. The Bertz CT molecular complexity index is 417. The van der Waals surface area contributed by atoms with E-state index in [1.807, 2.05) is 0 Å². The summed E-state index contributed by atoms with van der Waals surface area (Å²) >= 11 is 8.44. The Kier molecular flexibility index (Phi) is 4.50. The molecule has 3 radical (unpaired) electrons. The zero-order valence-electron chi connectivity index (χ0n) is 8.45. The van der Waals surface area contributed by atoms with Crippen molar-refractivity contribution in [3.8, 4) is 0 Å². The molecule has 0 heterocycles. The van der Waals surface area contributed by atoms with E-state index in [-0.39, 0.29) is 0 Å². The van der Waals surface area contributed by atoms with Gasteiger partial charge in [0.25, 0.3) is 0 Å². The van der Waals surface area contributed by atoms with Crippen LogP contribution in [0.15, 0.2) is 57.5 Å². The fourth-order valence-corrected chi connectivity index (χ4v) is 3.13. The minimum atomic E-state index is 0.522. The Morgan fingerprint density at radius 2 is 1.00 bits per heavy atom. The number of rotatable bonds is 2. The van der Waals surface area contributed by atoms with Crippen molar-refractivity contribution in [2.24, 2.45) is 0 Å². The molecule has 0 unspecified atom stereocenters. The first-order valence-corrected chi connectivity index (χ1v) is 8.12. The summed E-state index contributed by atoms with van der Waals surface area (Å²) < 4.78 is 2.79. The van der Waals surface area contributed by atoms with Gasteiger partial charge in [-0.05, 0) is 0 Å². The Balaban J connectivity index is 2.28. The van der Waals surface area contributed by atoms with Crippen LogP contribution in [0.2, 0.25) is 0 Å². The first-order valence-electron chi connectivity index (χ1n) is 4.89. The molecule has 0 aliphatic rings. The van der Waals surface area contributed by atoms with Gasteiger partial charge >= 0.3 is 127 Å². The van der Waals surface area contributed by atoms with Gasteiger partial charge in [-0.3, -0.25) is 0 Å². The number of benzene rings is 2. The molecule has 16 heavy (non-hydrogen) atoms. The van der Waals surface area contributed by atoms with Gasteiger partial charge in [-0.1, -0.05) is 0 Å². The zero-order chi connectivity index (χ0) is 11.5. The third-order valence-electron chi connectivity index (χ3n) is 2.41. The van der Waals surface area contributed by atoms with E-state index in [1.54, 1.807) is 0 Å². The van der Waals surface area contributed by atoms with Gasteiger partial charge in [0.05, 0.1) is 0 Å². The van der Waals surface area contributed by atoms with Crippen LogP contribution >= 0.6 is 31.9 Å². The van der Waals surface area contributed by atoms with Gasteiger partial charge in [0.2, 0.25) is 0 Å². The SMILES string of the molecule is Brc1ccc([CH]([Sn])c2ccc(Br)cc2)cc1. The van der Waals surface area contributed by atoms with Crippen LogP contribution in [0.3, 0.4) is 0 Å². The van der Waals surface area contributed by atoms with Gasteiger partial charge < -0.3 is 0 Å². The average molecular weight is 444 g/mol. The van der Waals surface area contributed by atoms with Gasteiger partial charge in [-0.25, -0.2) is 0 Å². The quantitative estimate of drug-likeness (QED) is 0.601. The topological polar surface area (TPSA) is 0 Å². The van der Waals surface area contributed by atoms with E-state index in [0.29, 0.717) is 3.93 Å². The van der Waals surface area contributed by atoms with Crippen molar-refractivity contribution < 1.29 is 0 Å². The Morgan fingerprint density at radius 1 is 0.688 bits per heavy atom. The van der Waals surface area contributed by atoms with Crippen LogP contribution in [0, 0.1) is 0 Å². The molecule has 0 spiro atoms. The maximum atomic E-state index is 3.46. The third kappa shape index (κ3) is 3.11. The van der Waals surface area contributed by atoms with Crippen molar-refractivity contribution in [3.05, 3.63) is 68.6 Å². The molecule has 3 heteroatoms. The second-order valence-corrected chi connectivity index (χ2v) is 7.02. The molecule has 0 bridgehead atoms. The average Bonchev–Trinajstić information content (AvgIpc) is 2.30. The second kappa shape index (κ2) is 5.69. The van der Waals surface area contributed by atoms with Crippen LogP contribution in [0.25, 0.3) is 0 Å². The minimum absolute atomic E-state index is 0.522. The van der Waals surface area contributed by atoms with Crippen LogP contribution in [0.4, 0.5) is 0 Å². The standard InChI is InChI=1S/C13H9Br2.Sn/c14-12-5-1-10(2-6-12)9-11-3-7-13(15)8-4-11;/h1-9H;. The molecule has 0 aromatic heterocycles. The van der Waals surface area contributed by atoms with E-state index in [4.69, 9.17) is 0 Å². The predicted molar refractivity (Wildman–Crippen MR) is 75.9 cm³/mol. The van der Waals surface area contributed by atoms with Crippen LogP contribution in [0.1, 0.15) is 15.1 Å². The number of hydrogen-bond acceptors (Lipinski definition) is 0. The van der Waals surface area contributed by atoms with Crippen LogP contribution in [0.5, 0.6) is 0 Å². The summed E-state index contributed by atoms with van der Waals surface area (Å²) in [6.07, 6.45) is 0. The molecular formula is C13H9Br2Sn. The maximum absolute atomic E-state index is 3.46. The summed E-state index contributed by atoms with van der Waals surface area (Å²) in [6.45, 7) is 0. The molecule has 0 saturated heterocycles. The van der Waals surface area contributed by atoms with Crippen molar-refractivity contribution in [3.63, 3.8) is 0 Å². The zero-order valence-corrected chi connectivity index (χ0v) is 14.5. The summed E-state index contributed by atoms with van der Waals surface area (Å²) in [5, 5.41) is 0. The number of halogens is 2. The normalized spacial score (nSPS) is 10.8. The van der Waals surface area contributed by atoms with Gasteiger partial charge in [-0.2, -0.15) is 0 Å². The van der Waals surface area contributed by atoms with Gasteiger partial charge in [0, 0.05) is 0 Å². The molecule has 2 rings (SSSR count). The summed E-state index contributed by atoms with van der Waals surface area (Å²) in [5.41, 5.74) is 2.76. The van der Waals surface area contributed by atoms with E-state index in [1.165, 1.54) is 33.7 Å². The molecule has 0 N–H and O–H groups in total. The van der Waals surface area contributed by atoms with Crippen LogP contribution < -0.4 is 0 Å². The molecule has 0 aliphatic carbocycles. The van der Waals surface area contributed by atoms with Crippen molar-refractivity contribution >= 4 is 54.4 Å². The van der Waals surface area contributed by atoms with Gasteiger partial charge in [-0.15, -0.1) is 0 Å². The molecule has 0 nitrogen and oxygen atoms in total. The molecular weight excluding hydrogens is 435 g/mol. The van der Waals surface area contributed by atoms with E-state index >= 15 is 0 Å². The van der Waals surface area contributed by atoms with Crippen molar-refractivity contribution in [2.75, 3.05) is 0 Å². The first-order chi connectivity index (χ1) is 7.66. The molecule has 0 fully saturated rings. The van der Waals surface area contributed by atoms with E-state index in [0.717, 1.165) is 8.95 Å². The Hall–Kier alpha value is 0.199. The predicted octanol–water partition coefficient (Wildman–Crippen LogP) is 4.47. The first kappa shape index (κ1) is 12.7. The summed E-state index contributed by atoms with van der Waals surface area (Å²) in [7, 11) is 0. The Labute approximate surface area is 126 Å². The Morgan fingerprint density at radius 3 is 1.31 bits per heavy atom. The summed E-state index contributed by atoms with van der Waals surface area (Å²) in [4.78, 5) is 0. The van der Waals surface area contributed by atoms with Crippen molar-refractivity contribution in [2.45, 2.75) is 3.93 Å². The fraction of sp³-hybridized carbons (Fsp3) is 0.0769.